The van der Waals surface area contributed by atoms with Crippen molar-refractivity contribution in [1.29, 1.82) is 0 Å². The van der Waals surface area contributed by atoms with Crippen molar-refractivity contribution >= 4 is 15.9 Å². The van der Waals surface area contributed by atoms with Crippen LogP contribution in [0.4, 0.5) is 0 Å². The van der Waals surface area contributed by atoms with Crippen molar-refractivity contribution in [2.75, 3.05) is 18.8 Å². The zero-order chi connectivity index (χ0) is 21.0. The second-order valence-electron chi connectivity index (χ2n) is 7.17. The van der Waals surface area contributed by atoms with Crippen LogP contribution in [0.15, 0.2) is 28.8 Å². The van der Waals surface area contributed by atoms with Crippen molar-refractivity contribution in [1.82, 2.24) is 14.8 Å². The molecule has 1 aliphatic heterocycles. The summed E-state index contributed by atoms with van der Waals surface area (Å²) in [5.74, 6) is 1.21. The fourth-order valence-corrected chi connectivity index (χ4v) is 4.45. The Kier molecular flexibility index (Phi) is 6.59. The van der Waals surface area contributed by atoms with Gasteiger partial charge in [0.05, 0.1) is 17.0 Å². The average Bonchev–Trinajstić information content (AvgIpc) is 3.04. The van der Waals surface area contributed by atoms with E-state index in [4.69, 9.17) is 9.26 Å². The molecule has 1 fully saturated rings. The van der Waals surface area contributed by atoms with E-state index >= 15 is 0 Å². The van der Waals surface area contributed by atoms with Gasteiger partial charge >= 0.3 is 0 Å². The maximum Gasteiger partial charge on any atom is 0.251 e. The summed E-state index contributed by atoms with van der Waals surface area (Å²) >= 11 is 0. The van der Waals surface area contributed by atoms with Crippen molar-refractivity contribution < 1.29 is 22.5 Å². The second kappa shape index (κ2) is 8.96. The number of carbonyl (C=O) groups is 1. The van der Waals surface area contributed by atoms with Crippen LogP contribution in [0, 0.1) is 13.8 Å². The minimum atomic E-state index is -3.17. The summed E-state index contributed by atoms with van der Waals surface area (Å²) in [6.07, 6.45) is 1.21. The lowest BCUT2D eigenvalue weighted by molar-refractivity contribution is 0.0923. The molecule has 0 aliphatic carbocycles. The summed E-state index contributed by atoms with van der Waals surface area (Å²) in [5, 5.41) is 6.90. The molecule has 1 saturated heterocycles. The summed E-state index contributed by atoms with van der Waals surface area (Å²) < 4.78 is 36.3. The minimum absolute atomic E-state index is 0.0438. The highest BCUT2D eigenvalue weighted by Gasteiger charge is 2.27. The molecule has 0 unspecified atom stereocenters. The number of hydrogen-bond acceptors (Lipinski definition) is 6. The number of nitrogens with one attached hydrogen (secondary N) is 1. The quantitative estimate of drug-likeness (QED) is 0.737. The molecule has 1 aromatic heterocycles. The number of piperidine rings is 1. The van der Waals surface area contributed by atoms with Gasteiger partial charge in [-0.2, -0.15) is 0 Å². The van der Waals surface area contributed by atoms with Gasteiger partial charge < -0.3 is 14.6 Å². The summed E-state index contributed by atoms with van der Waals surface area (Å²) in [6, 6.07) is 6.95. The van der Waals surface area contributed by atoms with E-state index in [1.54, 1.807) is 31.2 Å². The second-order valence-corrected chi connectivity index (χ2v) is 9.42. The molecule has 2 heterocycles. The summed E-state index contributed by atoms with van der Waals surface area (Å²) in [6.45, 7) is 6.51. The number of rotatable bonds is 7. The van der Waals surface area contributed by atoms with Crippen LogP contribution in [0.2, 0.25) is 0 Å². The van der Waals surface area contributed by atoms with E-state index in [0.29, 0.717) is 49.6 Å². The molecular formula is C20H27N3O5S. The molecule has 0 radical (unpaired) electrons. The first-order valence-corrected chi connectivity index (χ1v) is 11.3. The maximum absolute atomic E-state index is 12.6. The van der Waals surface area contributed by atoms with Gasteiger partial charge in [-0.3, -0.25) is 4.79 Å². The number of benzene rings is 1. The van der Waals surface area contributed by atoms with E-state index in [-0.39, 0.29) is 17.7 Å². The highest BCUT2D eigenvalue weighted by atomic mass is 32.2. The Morgan fingerprint density at radius 1 is 1.31 bits per heavy atom. The smallest absolute Gasteiger partial charge is 0.251 e. The number of hydrogen-bond donors (Lipinski definition) is 1. The van der Waals surface area contributed by atoms with Crippen LogP contribution in [0.3, 0.4) is 0 Å². The van der Waals surface area contributed by atoms with E-state index in [2.05, 4.69) is 10.5 Å². The third-order valence-electron chi connectivity index (χ3n) is 5.21. The lowest BCUT2D eigenvalue weighted by Crippen LogP contribution is -2.46. The molecule has 1 amide bonds. The van der Waals surface area contributed by atoms with Crippen LogP contribution in [-0.4, -0.2) is 48.7 Å². The van der Waals surface area contributed by atoms with Crippen LogP contribution in [-0.2, 0) is 16.6 Å². The fraction of sp³-hybridized carbons (Fsp3) is 0.500. The molecule has 158 valence electrons. The third kappa shape index (κ3) is 5.16. The number of ether oxygens (including phenoxy) is 1. The first-order chi connectivity index (χ1) is 13.8. The standard InChI is InChI=1S/C20H27N3O5S/c1-4-29(25,26)23-10-8-17(9-11-23)21-20(24)16-6-5-7-18(12-16)27-13-19-14(2)22-28-15(19)3/h5-7,12,17H,4,8-11,13H2,1-3H3,(H,21,24). The molecule has 2 aromatic rings. The van der Waals surface area contributed by atoms with Crippen LogP contribution >= 0.6 is 0 Å². The molecule has 0 atom stereocenters. The van der Waals surface area contributed by atoms with Gasteiger partial charge in [0.25, 0.3) is 5.91 Å². The van der Waals surface area contributed by atoms with Gasteiger partial charge in [-0.05, 0) is 51.8 Å². The van der Waals surface area contributed by atoms with Gasteiger partial charge in [0.1, 0.15) is 18.1 Å². The maximum atomic E-state index is 12.6. The molecule has 0 spiro atoms. The van der Waals surface area contributed by atoms with Crippen molar-refractivity contribution in [2.24, 2.45) is 0 Å². The van der Waals surface area contributed by atoms with Gasteiger partial charge in [-0.1, -0.05) is 11.2 Å². The lowest BCUT2D eigenvalue weighted by Gasteiger charge is -2.31. The number of aryl methyl sites for hydroxylation is 2. The van der Waals surface area contributed by atoms with Crippen LogP contribution in [0.25, 0.3) is 0 Å². The molecule has 8 nitrogen and oxygen atoms in total. The zero-order valence-electron chi connectivity index (χ0n) is 17.0. The van der Waals surface area contributed by atoms with E-state index in [9.17, 15) is 13.2 Å². The lowest BCUT2D eigenvalue weighted by atomic mass is 10.1. The van der Waals surface area contributed by atoms with Gasteiger partial charge in [-0.25, -0.2) is 12.7 Å². The van der Waals surface area contributed by atoms with Crippen molar-refractivity contribution in [3.05, 3.63) is 46.8 Å². The van der Waals surface area contributed by atoms with Crippen LogP contribution < -0.4 is 10.1 Å². The summed E-state index contributed by atoms with van der Waals surface area (Å²) in [4.78, 5) is 12.6. The molecule has 29 heavy (non-hydrogen) atoms. The van der Waals surface area contributed by atoms with Crippen LogP contribution in [0.1, 0.15) is 47.1 Å². The predicted octanol–water partition coefficient (Wildman–Crippen LogP) is 2.41. The van der Waals surface area contributed by atoms with Crippen molar-refractivity contribution in [3.63, 3.8) is 0 Å². The van der Waals surface area contributed by atoms with Crippen molar-refractivity contribution in [2.45, 2.75) is 46.3 Å². The number of sulfonamides is 1. The number of carbonyl (C=O) groups excluding carboxylic acids is 1. The highest BCUT2D eigenvalue weighted by molar-refractivity contribution is 7.89. The third-order valence-corrected chi connectivity index (χ3v) is 7.09. The Bertz CT molecular complexity index is 943. The molecular weight excluding hydrogens is 394 g/mol. The molecule has 9 heteroatoms. The molecule has 1 aliphatic rings. The largest absolute Gasteiger partial charge is 0.489 e. The van der Waals surface area contributed by atoms with Crippen LogP contribution in [0.5, 0.6) is 5.75 Å². The Morgan fingerprint density at radius 2 is 2.03 bits per heavy atom. The predicted molar refractivity (Wildman–Crippen MR) is 108 cm³/mol. The Morgan fingerprint density at radius 3 is 2.66 bits per heavy atom. The van der Waals surface area contributed by atoms with E-state index in [1.165, 1.54) is 4.31 Å². The Hall–Kier alpha value is -2.39. The molecule has 1 aromatic carbocycles. The van der Waals surface area contributed by atoms with Gasteiger partial charge in [0, 0.05) is 24.7 Å². The van der Waals surface area contributed by atoms with E-state index < -0.39 is 10.0 Å². The van der Waals surface area contributed by atoms with Gasteiger partial charge in [0.2, 0.25) is 10.0 Å². The SMILES string of the molecule is CCS(=O)(=O)N1CCC(NC(=O)c2cccc(OCc3c(C)noc3C)c2)CC1. The topological polar surface area (TPSA) is 102 Å². The monoisotopic (exact) mass is 421 g/mol. The van der Waals surface area contributed by atoms with E-state index in [1.807, 2.05) is 13.8 Å². The summed E-state index contributed by atoms with van der Waals surface area (Å²) in [5.41, 5.74) is 2.19. The van der Waals surface area contributed by atoms with Gasteiger partial charge in [0.15, 0.2) is 0 Å². The first kappa shape index (κ1) is 21.3. The number of nitrogens with zero attached hydrogens (tertiary/aromatic N) is 2. The molecule has 3 rings (SSSR count). The average molecular weight is 422 g/mol. The fourth-order valence-electron chi connectivity index (χ4n) is 3.32. The molecule has 0 saturated carbocycles. The minimum Gasteiger partial charge on any atom is -0.489 e. The summed E-state index contributed by atoms with van der Waals surface area (Å²) in [7, 11) is -3.17. The Labute approximate surface area is 171 Å². The molecule has 0 bridgehead atoms. The number of aromatic nitrogens is 1. The molecule has 1 N–H and O–H groups in total. The zero-order valence-corrected chi connectivity index (χ0v) is 17.8. The number of amides is 1. The van der Waals surface area contributed by atoms with E-state index in [0.717, 1.165) is 11.3 Å². The van der Waals surface area contributed by atoms with Gasteiger partial charge in [-0.15, -0.1) is 0 Å². The van der Waals surface area contributed by atoms with Crippen molar-refractivity contribution in [3.8, 4) is 5.75 Å². The normalized spacial score (nSPS) is 16.0. The Balaban J connectivity index is 1.56. The highest BCUT2D eigenvalue weighted by Crippen LogP contribution is 2.19. The first-order valence-electron chi connectivity index (χ1n) is 9.73.